The molecular formula is C16H23ClN2O3. The van der Waals surface area contributed by atoms with Crippen LogP contribution in [0.25, 0.3) is 0 Å². The van der Waals surface area contributed by atoms with Crippen LogP contribution >= 0.6 is 11.6 Å². The second kappa shape index (κ2) is 8.48. The second-order valence-electron chi connectivity index (χ2n) is 5.57. The smallest absolute Gasteiger partial charge is 0.219 e. The average Bonchev–Trinajstić information content (AvgIpc) is 2.50. The Morgan fingerprint density at radius 3 is 2.64 bits per heavy atom. The van der Waals surface area contributed by atoms with Gasteiger partial charge in [-0.2, -0.15) is 0 Å². The van der Waals surface area contributed by atoms with Crippen LogP contribution in [0.5, 0.6) is 0 Å². The van der Waals surface area contributed by atoms with Crippen molar-refractivity contribution in [1.29, 1.82) is 0 Å². The number of nitrogens with zero attached hydrogens (tertiary/aromatic N) is 2. The van der Waals surface area contributed by atoms with E-state index >= 15 is 0 Å². The highest BCUT2D eigenvalue weighted by molar-refractivity contribution is 6.31. The van der Waals surface area contributed by atoms with Crippen molar-refractivity contribution in [3.05, 3.63) is 34.9 Å². The zero-order valence-electron chi connectivity index (χ0n) is 12.9. The van der Waals surface area contributed by atoms with E-state index < -0.39 is 6.10 Å². The van der Waals surface area contributed by atoms with Crippen LogP contribution in [0.2, 0.25) is 5.02 Å². The summed E-state index contributed by atoms with van der Waals surface area (Å²) in [5.41, 5.74) is 0.923. The van der Waals surface area contributed by atoms with Gasteiger partial charge in [-0.15, -0.1) is 0 Å². The number of rotatable bonds is 6. The quantitative estimate of drug-likeness (QED) is 0.858. The van der Waals surface area contributed by atoms with Crippen molar-refractivity contribution in [2.75, 3.05) is 39.3 Å². The standard InChI is InChI=1S/C16H23ClN2O3/c1-13(20)19-8-6-18(7-9-19)10-15(21)12-22-11-14-4-2-3-5-16(14)17/h2-5,15,21H,6-12H2,1H3. The highest BCUT2D eigenvalue weighted by atomic mass is 35.5. The molecule has 0 bridgehead atoms. The summed E-state index contributed by atoms with van der Waals surface area (Å²) in [7, 11) is 0. The largest absolute Gasteiger partial charge is 0.389 e. The molecule has 0 aromatic heterocycles. The molecule has 1 unspecified atom stereocenters. The van der Waals surface area contributed by atoms with E-state index in [4.69, 9.17) is 16.3 Å². The number of aliphatic hydroxyl groups excluding tert-OH is 1. The van der Waals surface area contributed by atoms with Crippen LogP contribution in [-0.4, -0.2) is 66.2 Å². The van der Waals surface area contributed by atoms with E-state index in [1.807, 2.05) is 29.2 Å². The first-order valence-electron chi connectivity index (χ1n) is 7.53. The maximum atomic E-state index is 11.3. The monoisotopic (exact) mass is 326 g/mol. The highest BCUT2D eigenvalue weighted by Crippen LogP contribution is 2.15. The molecule has 22 heavy (non-hydrogen) atoms. The van der Waals surface area contributed by atoms with Crippen LogP contribution in [0.1, 0.15) is 12.5 Å². The Bertz CT molecular complexity index is 490. The number of carbonyl (C=O) groups excluding carboxylic acids is 1. The summed E-state index contributed by atoms with van der Waals surface area (Å²) in [6, 6.07) is 7.53. The lowest BCUT2D eigenvalue weighted by Crippen LogP contribution is -2.50. The lowest BCUT2D eigenvalue weighted by molar-refractivity contribution is -0.130. The van der Waals surface area contributed by atoms with Crippen molar-refractivity contribution in [3.63, 3.8) is 0 Å². The molecule has 2 rings (SSSR count). The minimum Gasteiger partial charge on any atom is -0.389 e. The molecular weight excluding hydrogens is 304 g/mol. The summed E-state index contributed by atoms with van der Waals surface area (Å²) in [6.45, 7) is 5.86. The van der Waals surface area contributed by atoms with Gasteiger partial charge >= 0.3 is 0 Å². The normalized spacial score (nSPS) is 17.5. The van der Waals surface area contributed by atoms with Crippen LogP contribution in [0.3, 0.4) is 0 Å². The van der Waals surface area contributed by atoms with Crippen molar-refractivity contribution in [1.82, 2.24) is 9.80 Å². The van der Waals surface area contributed by atoms with Gasteiger partial charge in [-0.25, -0.2) is 0 Å². The van der Waals surface area contributed by atoms with Crippen molar-refractivity contribution in [2.45, 2.75) is 19.6 Å². The van der Waals surface area contributed by atoms with E-state index in [1.165, 1.54) is 0 Å². The van der Waals surface area contributed by atoms with Gasteiger partial charge in [-0.3, -0.25) is 9.69 Å². The fourth-order valence-corrected chi connectivity index (χ4v) is 2.71. The maximum absolute atomic E-state index is 11.3. The van der Waals surface area contributed by atoms with E-state index in [1.54, 1.807) is 6.92 Å². The SMILES string of the molecule is CC(=O)N1CCN(CC(O)COCc2ccccc2Cl)CC1. The lowest BCUT2D eigenvalue weighted by atomic mass is 10.2. The Labute approximate surface area is 136 Å². The Morgan fingerprint density at radius 1 is 1.32 bits per heavy atom. The van der Waals surface area contributed by atoms with Gasteiger partial charge in [-0.1, -0.05) is 29.8 Å². The third kappa shape index (κ3) is 5.25. The zero-order valence-corrected chi connectivity index (χ0v) is 13.6. The first-order valence-corrected chi connectivity index (χ1v) is 7.91. The van der Waals surface area contributed by atoms with Gasteiger partial charge in [0.25, 0.3) is 0 Å². The Balaban J connectivity index is 1.65. The predicted molar refractivity (Wildman–Crippen MR) is 85.8 cm³/mol. The van der Waals surface area contributed by atoms with Crippen molar-refractivity contribution in [2.24, 2.45) is 0 Å². The van der Waals surface area contributed by atoms with Gasteiger partial charge in [0.2, 0.25) is 5.91 Å². The van der Waals surface area contributed by atoms with Crippen LogP contribution < -0.4 is 0 Å². The molecule has 1 amide bonds. The molecule has 5 nitrogen and oxygen atoms in total. The first-order chi connectivity index (χ1) is 10.6. The molecule has 1 aromatic carbocycles. The zero-order chi connectivity index (χ0) is 15.9. The van der Waals surface area contributed by atoms with E-state index in [2.05, 4.69) is 4.90 Å². The van der Waals surface area contributed by atoms with E-state index in [9.17, 15) is 9.90 Å². The predicted octanol–water partition coefficient (Wildman–Crippen LogP) is 1.38. The summed E-state index contributed by atoms with van der Waals surface area (Å²) in [5.74, 6) is 0.114. The second-order valence-corrected chi connectivity index (χ2v) is 5.97. The number of aliphatic hydroxyl groups is 1. The van der Waals surface area contributed by atoms with Gasteiger partial charge < -0.3 is 14.7 Å². The number of β-amino-alcohol motifs (C(OH)–C–C–N with tert-alkyl or cyclic N) is 1. The molecule has 1 saturated heterocycles. The molecule has 0 saturated carbocycles. The molecule has 1 atom stereocenters. The fourth-order valence-electron chi connectivity index (χ4n) is 2.52. The number of hydrogen-bond acceptors (Lipinski definition) is 4. The Morgan fingerprint density at radius 2 is 2.00 bits per heavy atom. The number of ether oxygens (including phenoxy) is 1. The molecule has 1 fully saturated rings. The average molecular weight is 327 g/mol. The maximum Gasteiger partial charge on any atom is 0.219 e. The molecule has 1 N–H and O–H groups in total. The number of halogens is 1. The molecule has 122 valence electrons. The number of hydrogen-bond donors (Lipinski definition) is 1. The minimum absolute atomic E-state index is 0.114. The molecule has 0 aliphatic carbocycles. The Hall–Kier alpha value is -1.14. The molecule has 1 heterocycles. The van der Waals surface area contributed by atoms with Crippen LogP contribution in [0.4, 0.5) is 0 Å². The van der Waals surface area contributed by atoms with Crippen molar-refractivity contribution in [3.8, 4) is 0 Å². The third-order valence-electron chi connectivity index (χ3n) is 3.81. The van der Waals surface area contributed by atoms with Gasteiger partial charge in [0.05, 0.1) is 19.3 Å². The van der Waals surface area contributed by atoms with Crippen LogP contribution in [0.15, 0.2) is 24.3 Å². The van der Waals surface area contributed by atoms with Gasteiger partial charge in [0.1, 0.15) is 0 Å². The molecule has 6 heteroatoms. The molecule has 1 aromatic rings. The number of benzene rings is 1. The minimum atomic E-state index is -0.536. The third-order valence-corrected chi connectivity index (χ3v) is 4.18. The van der Waals surface area contributed by atoms with Crippen LogP contribution in [0, 0.1) is 0 Å². The van der Waals surface area contributed by atoms with Crippen LogP contribution in [-0.2, 0) is 16.1 Å². The van der Waals surface area contributed by atoms with Crippen molar-refractivity contribution >= 4 is 17.5 Å². The lowest BCUT2D eigenvalue weighted by Gasteiger charge is -2.35. The topological polar surface area (TPSA) is 53.0 Å². The summed E-state index contributed by atoms with van der Waals surface area (Å²) in [5, 5.41) is 10.7. The summed E-state index contributed by atoms with van der Waals surface area (Å²) in [6.07, 6.45) is -0.536. The van der Waals surface area contributed by atoms with Crippen molar-refractivity contribution < 1.29 is 14.6 Å². The summed E-state index contributed by atoms with van der Waals surface area (Å²) >= 11 is 6.05. The number of amides is 1. The van der Waals surface area contributed by atoms with Gasteiger partial charge in [-0.05, 0) is 11.6 Å². The fraction of sp³-hybridized carbons (Fsp3) is 0.562. The van der Waals surface area contributed by atoms with E-state index in [-0.39, 0.29) is 12.5 Å². The first kappa shape index (κ1) is 17.2. The molecule has 1 aliphatic heterocycles. The number of piperazine rings is 1. The molecule has 0 spiro atoms. The van der Waals surface area contributed by atoms with Gasteiger partial charge in [0, 0.05) is 44.7 Å². The number of carbonyl (C=O) groups is 1. The summed E-state index contributed by atoms with van der Waals surface area (Å²) in [4.78, 5) is 15.2. The van der Waals surface area contributed by atoms with E-state index in [0.29, 0.717) is 18.2 Å². The Kier molecular flexibility index (Phi) is 6.64. The van der Waals surface area contributed by atoms with Gasteiger partial charge in [0.15, 0.2) is 0 Å². The summed E-state index contributed by atoms with van der Waals surface area (Å²) < 4.78 is 5.54. The molecule has 1 aliphatic rings. The van der Waals surface area contributed by atoms with E-state index in [0.717, 1.165) is 31.7 Å². The highest BCUT2D eigenvalue weighted by Gasteiger charge is 2.20. The molecule has 0 radical (unpaired) electrons.